The first-order valence-corrected chi connectivity index (χ1v) is 6.50. The van der Waals surface area contributed by atoms with Crippen molar-refractivity contribution < 1.29 is 0 Å². The summed E-state index contributed by atoms with van der Waals surface area (Å²) in [5.41, 5.74) is 1.66. The Morgan fingerprint density at radius 1 is 1.12 bits per heavy atom. The van der Waals surface area contributed by atoms with Gasteiger partial charge in [0.2, 0.25) is 0 Å². The lowest BCUT2D eigenvalue weighted by atomic mass is 10.3. The highest BCUT2D eigenvalue weighted by Crippen LogP contribution is 2.30. The largest absolute Gasteiger partial charge is 0.377 e. The first kappa shape index (κ1) is 12.7. The van der Waals surface area contributed by atoms with Crippen molar-refractivity contribution in [2.24, 2.45) is 0 Å². The Bertz CT molecular complexity index is 494. The summed E-state index contributed by atoms with van der Waals surface area (Å²) in [5.74, 6) is 0. The number of para-hydroxylation sites is 1. The normalized spacial score (nSPS) is 10.3. The van der Waals surface area contributed by atoms with Crippen molar-refractivity contribution in [3.63, 3.8) is 0 Å². The Morgan fingerprint density at radius 3 is 2.41 bits per heavy atom. The summed E-state index contributed by atoms with van der Waals surface area (Å²) in [7, 11) is 0. The molecule has 0 saturated carbocycles. The standard InChI is InChI=1S/C12H9BrCl2N2/c13-8-4-5-9(16-6-8)7-17-12-10(14)2-1-3-11(12)15/h1-6,17H,7H2. The number of halogens is 3. The van der Waals surface area contributed by atoms with E-state index in [2.05, 4.69) is 26.2 Å². The Kier molecular flexibility index (Phi) is 4.26. The van der Waals surface area contributed by atoms with E-state index < -0.39 is 0 Å². The van der Waals surface area contributed by atoms with E-state index in [9.17, 15) is 0 Å². The highest BCUT2D eigenvalue weighted by atomic mass is 79.9. The van der Waals surface area contributed by atoms with Gasteiger partial charge in [-0.05, 0) is 40.2 Å². The number of rotatable bonds is 3. The third-order valence-corrected chi connectivity index (χ3v) is 3.30. The Balaban J connectivity index is 2.10. The van der Waals surface area contributed by atoms with Crippen LogP contribution in [0.5, 0.6) is 0 Å². The number of nitrogens with zero attached hydrogens (tertiary/aromatic N) is 1. The molecule has 0 amide bonds. The lowest BCUT2D eigenvalue weighted by Crippen LogP contribution is -2.02. The Hall–Kier alpha value is -0.770. The average molecular weight is 332 g/mol. The zero-order valence-electron chi connectivity index (χ0n) is 8.75. The van der Waals surface area contributed by atoms with Gasteiger partial charge in [-0.25, -0.2) is 0 Å². The molecule has 1 aromatic heterocycles. The molecule has 88 valence electrons. The molecular weight excluding hydrogens is 323 g/mol. The van der Waals surface area contributed by atoms with E-state index in [-0.39, 0.29) is 0 Å². The van der Waals surface area contributed by atoms with Gasteiger partial charge in [0.05, 0.1) is 28.0 Å². The molecule has 1 N–H and O–H groups in total. The Labute approximate surface area is 118 Å². The fraction of sp³-hybridized carbons (Fsp3) is 0.0833. The fourth-order valence-electron chi connectivity index (χ4n) is 1.36. The van der Waals surface area contributed by atoms with Crippen molar-refractivity contribution in [1.82, 2.24) is 4.98 Å². The molecule has 1 heterocycles. The summed E-state index contributed by atoms with van der Waals surface area (Å²) in [4.78, 5) is 4.26. The molecule has 0 spiro atoms. The molecule has 2 rings (SSSR count). The molecule has 0 bridgehead atoms. The van der Waals surface area contributed by atoms with E-state index >= 15 is 0 Å². The topological polar surface area (TPSA) is 24.9 Å². The zero-order chi connectivity index (χ0) is 12.3. The number of hydrogen-bond donors (Lipinski definition) is 1. The summed E-state index contributed by atoms with van der Waals surface area (Å²) in [6, 6.07) is 9.28. The smallest absolute Gasteiger partial charge is 0.0722 e. The van der Waals surface area contributed by atoms with Crippen LogP contribution in [0.1, 0.15) is 5.69 Å². The maximum atomic E-state index is 6.05. The third-order valence-electron chi connectivity index (χ3n) is 2.20. The van der Waals surface area contributed by atoms with Crippen LogP contribution < -0.4 is 5.32 Å². The van der Waals surface area contributed by atoms with E-state index in [1.54, 1.807) is 18.3 Å². The van der Waals surface area contributed by atoms with E-state index in [1.165, 1.54) is 0 Å². The monoisotopic (exact) mass is 330 g/mol. The van der Waals surface area contributed by atoms with Gasteiger partial charge >= 0.3 is 0 Å². The minimum absolute atomic E-state index is 0.580. The molecule has 0 aliphatic heterocycles. The summed E-state index contributed by atoms with van der Waals surface area (Å²) in [6.07, 6.45) is 1.76. The van der Waals surface area contributed by atoms with Crippen molar-refractivity contribution in [2.75, 3.05) is 5.32 Å². The van der Waals surface area contributed by atoms with Gasteiger partial charge in [-0.15, -0.1) is 0 Å². The van der Waals surface area contributed by atoms with Crippen molar-refractivity contribution in [3.05, 3.63) is 56.7 Å². The molecule has 0 radical (unpaired) electrons. The zero-order valence-corrected chi connectivity index (χ0v) is 11.9. The van der Waals surface area contributed by atoms with E-state index in [1.807, 2.05) is 18.2 Å². The second kappa shape index (κ2) is 5.71. The van der Waals surface area contributed by atoms with Gasteiger partial charge < -0.3 is 5.32 Å². The molecule has 0 saturated heterocycles. The van der Waals surface area contributed by atoms with Crippen LogP contribution in [0, 0.1) is 0 Å². The molecule has 17 heavy (non-hydrogen) atoms. The lowest BCUT2D eigenvalue weighted by Gasteiger charge is -2.09. The Morgan fingerprint density at radius 2 is 1.82 bits per heavy atom. The van der Waals surface area contributed by atoms with Gasteiger partial charge in [0, 0.05) is 10.7 Å². The van der Waals surface area contributed by atoms with E-state index in [0.29, 0.717) is 16.6 Å². The minimum Gasteiger partial charge on any atom is -0.377 e. The first-order chi connectivity index (χ1) is 8.16. The summed E-state index contributed by atoms with van der Waals surface area (Å²) < 4.78 is 0.956. The quantitative estimate of drug-likeness (QED) is 0.876. The molecule has 0 aliphatic carbocycles. The second-order valence-corrected chi connectivity index (χ2v) is 5.15. The van der Waals surface area contributed by atoms with Crippen LogP contribution in [-0.2, 0) is 6.54 Å². The van der Waals surface area contributed by atoms with Crippen LogP contribution in [0.15, 0.2) is 41.0 Å². The number of nitrogens with one attached hydrogen (secondary N) is 1. The van der Waals surface area contributed by atoms with Gasteiger partial charge in [-0.1, -0.05) is 29.3 Å². The van der Waals surface area contributed by atoms with Gasteiger partial charge in [-0.3, -0.25) is 4.98 Å². The molecule has 5 heteroatoms. The van der Waals surface area contributed by atoms with Crippen LogP contribution in [0.4, 0.5) is 5.69 Å². The molecule has 2 nitrogen and oxygen atoms in total. The highest BCUT2D eigenvalue weighted by molar-refractivity contribution is 9.10. The van der Waals surface area contributed by atoms with Crippen LogP contribution in [0.2, 0.25) is 10.0 Å². The van der Waals surface area contributed by atoms with Crippen LogP contribution >= 0.6 is 39.1 Å². The summed E-state index contributed by atoms with van der Waals surface area (Å²) >= 11 is 15.4. The number of benzene rings is 1. The van der Waals surface area contributed by atoms with E-state index in [0.717, 1.165) is 15.9 Å². The van der Waals surface area contributed by atoms with Gasteiger partial charge in [-0.2, -0.15) is 0 Å². The predicted octanol–water partition coefficient (Wildman–Crippen LogP) is 4.76. The van der Waals surface area contributed by atoms with Crippen LogP contribution in [-0.4, -0.2) is 4.98 Å². The lowest BCUT2D eigenvalue weighted by molar-refractivity contribution is 1.04. The molecule has 0 atom stereocenters. The van der Waals surface area contributed by atoms with Crippen molar-refractivity contribution in [2.45, 2.75) is 6.54 Å². The summed E-state index contributed by atoms with van der Waals surface area (Å²) in [6.45, 7) is 0.580. The highest BCUT2D eigenvalue weighted by Gasteiger charge is 2.04. The van der Waals surface area contributed by atoms with Crippen LogP contribution in [0.3, 0.4) is 0 Å². The average Bonchev–Trinajstić information content (AvgIpc) is 2.31. The molecular formula is C12H9BrCl2N2. The summed E-state index contributed by atoms with van der Waals surface area (Å²) in [5, 5.41) is 4.39. The molecule has 0 unspecified atom stereocenters. The predicted molar refractivity (Wildman–Crippen MR) is 75.7 cm³/mol. The maximum absolute atomic E-state index is 6.05. The van der Waals surface area contributed by atoms with Crippen LogP contribution in [0.25, 0.3) is 0 Å². The number of pyridine rings is 1. The van der Waals surface area contributed by atoms with Gasteiger partial charge in [0.15, 0.2) is 0 Å². The molecule has 0 fully saturated rings. The molecule has 1 aromatic carbocycles. The van der Waals surface area contributed by atoms with Crippen molar-refractivity contribution in [3.8, 4) is 0 Å². The third kappa shape index (κ3) is 3.35. The molecule has 2 aromatic rings. The number of hydrogen-bond acceptors (Lipinski definition) is 2. The number of anilines is 1. The van der Waals surface area contributed by atoms with Crippen molar-refractivity contribution >= 4 is 44.8 Å². The SMILES string of the molecule is Clc1cccc(Cl)c1NCc1ccc(Br)cn1. The van der Waals surface area contributed by atoms with Gasteiger partial charge in [0.25, 0.3) is 0 Å². The second-order valence-electron chi connectivity index (χ2n) is 3.42. The maximum Gasteiger partial charge on any atom is 0.0722 e. The fourth-order valence-corrected chi connectivity index (χ4v) is 2.12. The first-order valence-electron chi connectivity index (χ1n) is 4.95. The number of aromatic nitrogens is 1. The van der Waals surface area contributed by atoms with Crippen molar-refractivity contribution in [1.29, 1.82) is 0 Å². The molecule has 0 aliphatic rings. The van der Waals surface area contributed by atoms with Gasteiger partial charge in [0.1, 0.15) is 0 Å². The minimum atomic E-state index is 0.580. The van der Waals surface area contributed by atoms with E-state index in [4.69, 9.17) is 23.2 Å².